The van der Waals surface area contributed by atoms with Crippen molar-refractivity contribution in [1.29, 1.82) is 0 Å². The van der Waals surface area contributed by atoms with Gasteiger partial charge in [0.25, 0.3) is 0 Å². The van der Waals surface area contributed by atoms with E-state index in [1.165, 1.54) is 6.92 Å². The maximum atomic E-state index is 11.0. The number of hydrogen-bond donors (Lipinski definition) is 4. The summed E-state index contributed by atoms with van der Waals surface area (Å²) in [5.41, 5.74) is 0. The van der Waals surface area contributed by atoms with Crippen molar-refractivity contribution >= 4 is 5.78 Å². The molecule has 0 spiro atoms. The standard InChI is InChI=1S/C9H14O5/c1-3-4-6(11)8(13)9(14)7(12)5(2)10/h1,5,7-10,12-14H,4H2,2H3/t5-,7+,8+,9+/m1/s1. The van der Waals surface area contributed by atoms with Crippen LogP contribution in [0.4, 0.5) is 0 Å². The number of aliphatic hydroxyl groups is 4. The molecule has 0 aromatic heterocycles. The van der Waals surface area contributed by atoms with Crippen LogP contribution in [0.3, 0.4) is 0 Å². The molecule has 5 heteroatoms. The van der Waals surface area contributed by atoms with E-state index in [1.807, 2.05) is 5.92 Å². The highest BCUT2D eigenvalue weighted by molar-refractivity contribution is 5.85. The number of terminal acetylenes is 1. The fourth-order valence-corrected chi connectivity index (χ4v) is 0.868. The minimum atomic E-state index is -1.77. The predicted octanol–water partition coefficient (Wildman–Crippen LogP) is -1.96. The average molecular weight is 202 g/mol. The molecular weight excluding hydrogens is 188 g/mol. The topological polar surface area (TPSA) is 98.0 Å². The van der Waals surface area contributed by atoms with Crippen molar-refractivity contribution in [2.24, 2.45) is 0 Å². The van der Waals surface area contributed by atoms with Gasteiger partial charge in [-0.25, -0.2) is 0 Å². The zero-order valence-electron chi connectivity index (χ0n) is 7.79. The lowest BCUT2D eigenvalue weighted by Gasteiger charge is -2.23. The largest absolute Gasteiger partial charge is 0.391 e. The Morgan fingerprint density at radius 3 is 2.14 bits per heavy atom. The fraction of sp³-hybridized carbons (Fsp3) is 0.667. The van der Waals surface area contributed by atoms with E-state index in [-0.39, 0.29) is 6.42 Å². The Morgan fingerprint density at radius 2 is 1.79 bits per heavy atom. The van der Waals surface area contributed by atoms with Crippen molar-refractivity contribution in [2.75, 3.05) is 0 Å². The van der Waals surface area contributed by atoms with Gasteiger partial charge in [0.05, 0.1) is 12.5 Å². The van der Waals surface area contributed by atoms with Crippen LogP contribution in [0, 0.1) is 12.3 Å². The van der Waals surface area contributed by atoms with Crippen molar-refractivity contribution in [3.63, 3.8) is 0 Å². The molecule has 4 N–H and O–H groups in total. The summed E-state index contributed by atoms with van der Waals surface area (Å²) in [4.78, 5) is 11.0. The van der Waals surface area contributed by atoms with Crippen molar-refractivity contribution in [1.82, 2.24) is 0 Å². The molecule has 0 heterocycles. The number of ketones is 1. The molecule has 0 saturated heterocycles. The zero-order chi connectivity index (χ0) is 11.3. The highest BCUT2D eigenvalue weighted by atomic mass is 16.4. The predicted molar refractivity (Wildman–Crippen MR) is 48.2 cm³/mol. The smallest absolute Gasteiger partial charge is 0.175 e. The number of rotatable bonds is 5. The Morgan fingerprint density at radius 1 is 1.29 bits per heavy atom. The third-order valence-corrected chi connectivity index (χ3v) is 1.77. The highest BCUT2D eigenvalue weighted by Crippen LogP contribution is 2.06. The molecule has 4 atom stereocenters. The van der Waals surface area contributed by atoms with Crippen LogP contribution in [-0.4, -0.2) is 50.6 Å². The van der Waals surface area contributed by atoms with Crippen LogP contribution in [0.15, 0.2) is 0 Å². The second kappa shape index (κ2) is 5.73. The van der Waals surface area contributed by atoms with E-state index in [0.717, 1.165) is 0 Å². The second-order valence-corrected chi connectivity index (χ2v) is 3.01. The number of carbonyl (C=O) groups excluding carboxylic acids is 1. The maximum absolute atomic E-state index is 11.0. The Balaban J connectivity index is 4.32. The SMILES string of the molecule is C#CCC(=O)[C@H](O)[C@@H](O)[C@@H](O)[C@@H](C)O. The van der Waals surface area contributed by atoms with Gasteiger partial charge in [-0.1, -0.05) is 5.92 Å². The van der Waals surface area contributed by atoms with E-state index < -0.39 is 30.2 Å². The first-order chi connectivity index (χ1) is 6.41. The monoisotopic (exact) mass is 202 g/mol. The minimum absolute atomic E-state index is 0.329. The molecule has 0 aliphatic heterocycles. The zero-order valence-corrected chi connectivity index (χ0v) is 7.79. The first-order valence-electron chi connectivity index (χ1n) is 4.10. The second-order valence-electron chi connectivity index (χ2n) is 3.01. The van der Waals surface area contributed by atoms with E-state index in [9.17, 15) is 15.0 Å². The van der Waals surface area contributed by atoms with Gasteiger partial charge in [0.2, 0.25) is 0 Å². The van der Waals surface area contributed by atoms with Gasteiger partial charge in [0.1, 0.15) is 18.3 Å². The molecular formula is C9H14O5. The summed E-state index contributed by atoms with van der Waals surface area (Å²) in [6, 6.07) is 0. The molecule has 0 unspecified atom stereocenters. The number of hydrogen-bond acceptors (Lipinski definition) is 5. The van der Waals surface area contributed by atoms with Crippen LogP contribution in [-0.2, 0) is 4.79 Å². The summed E-state index contributed by atoms with van der Waals surface area (Å²) in [6.07, 6.45) is -1.81. The lowest BCUT2D eigenvalue weighted by molar-refractivity contribution is -0.142. The summed E-state index contributed by atoms with van der Waals surface area (Å²) >= 11 is 0. The molecule has 0 fully saturated rings. The molecule has 0 bridgehead atoms. The molecule has 0 aromatic carbocycles. The van der Waals surface area contributed by atoms with E-state index in [1.54, 1.807) is 0 Å². The summed E-state index contributed by atoms with van der Waals surface area (Å²) in [7, 11) is 0. The molecule has 0 aliphatic rings. The first kappa shape index (κ1) is 13.1. The summed E-state index contributed by atoms with van der Waals surface area (Å²) in [6.45, 7) is 1.23. The Labute approximate surface area is 82.0 Å². The van der Waals surface area contributed by atoms with Crippen LogP contribution in [0.2, 0.25) is 0 Å². The summed E-state index contributed by atoms with van der Waals surface area (Å²) in [5.74, 6) is 1.24. The number of Topliss-reactive ketones (excluding diaryl/α,β-unsaturated/α-hetero) is 1. The minimum Gasteiger partial charge on any atom is -0.391 e. The molecule has 80 valence electrons. The lowest BCUT2D eigenvalue weighted by atomic mass is 10.00. The van der Waals surface area contributed by atoms with Crippen molar-refractivity contribution in [3.05, 3.63) is 0 Å². The van der Waals surface area contributed by atoms with Crippen molar-refractivity contribution < 1.29 is 25.2 Å². The van der Waals surface area contributed by atoms with E-state index >= 15 is 0 Å². The summed E-state index contributed by atoms with van der Waals surface area (Å²) < 4.78 is 0. The van der Waals surface area contributed by atoms with Crippen LogP contribution in [0.5, 0.6) is 0 Å². The van der Waals surface area contributed by atoms with E-state index in [0.29, 0.717) is 0 Å². The van der Waals surface area contributed by atoms with E-state index in [4.69, 9.17) is 16.6 Å². The van der Waals surface area contributed by atoms with Crippen LogP contribution in [0.1, 0.15) is 13.3 Å². The highest BCUT2D eigenvalue weighted by Gasteiger charge is 2.31. The van der Waals surface area contributed by atoms with Gasteiger partial charge in [-0.3, -0.25) is 4.79 Å². The van der Waals surface area contributed by atoms with Gasteiger partial charge in [0, 0.05) is 0 Å². The van der Waals surface area contributed by atoms with Gasteiger partial charge in [-0.05, 0) is 6.92 Å². The Bertz CT molecular complexity index is 230. The van der Waals surface area contributed by atoms with Crippen molar-refractivity contribution in [2.45, 2.75) is 37.8 Å². The molecule has 0 aliphatic carbocycles. The molecule has 0 saturated carbocycles. The van der Waals surface area contributed by atoms with Crippen LogP contribution in [0.25, 0.3) is 0 Å². The van der Waals surface area contributed by atoms with Gasteiger partial charge >= 0.3 is 0 Å². The fourth-order valence-electron chi connectivity index (χ4n) is 0.868. The Kier molecular flexibility index (Phi) is 5.35. The third-order valence-electron chi connectivity index (χ3n) is 1.77. The normalized spacial score (nSPS) is 19.1. The maximum Gasteiger partial charge on any atom is 0.175 e. The third kappa shape index (κ3) is 3.44. The molecule has 0 aromatic rings. The molecule has 0 rings (SSSR count). The van der Waals surface area contributed by atoms with Gasteiger partial charge in [0.15, 0.2) is 5.78 Å². The van der Waals surface area contributed by atoms with Crippen molar-refractivity contribution in [3.8, 4) is 12.3 Å². The average Bonchev–Trinajstić information content (AvgIpc) is 2.14. The van der Waals surface area contributed by atoms with Crippen LogP contribution >= 0.6 is 0 Å². The molecule has 0 radical (unpaired) electrons. The number of aliphatic hydroxyl groups excluding tert-OH is 4. The van der Waals surface area contributed by atoms with Crippen LogP contribution < -0.4 is 0 Å². The van der Waals surface area contributed by atoms with Gasteiger partial charge in [-0.2, -0.15) is 0 Å². The van der Waals surface area contributed by atoms with Gasteiger partial charge < -0.3 is 20.4 Å². The number of carbonyl (C=O) groups is 1. The molecule has 0 amide bonds. The van der Waals surface area contributed by atoms with E-state index in [2.05, 4.69) is 0 Å². The summed E-state index contributed by atoms with van der Waals surface area (Å²) in [5, 5.41) is 36.4. The Hall–Kier alpha value is -0.930. The molecule has 14 heavy (non-hydrogen) atoms. The van der Waals surface area contributed by atoms with Gasteiger partial charge in [-0.15, -0.1) is 6.42 Å². The first-order valence-corrected chi connectivity index (χ1v) is 4.10. The lowest BCUT2D eigenvalue weighted by Crippen LogP contribution is -2.46. The quantitative estimate of drug-likeness (QED) is 0.388. The molecule has 5 nitrogen and oxygen atoms in total.